The first kappa shape index (κ1) is 30.2. The summed E-state index contributed by atoms with van der Waals surface area (Å²) in [6.45, 7) is 2.11. The van der Waals surface area contributed by atoms with Crippen LogP contribution in [0.25, 0.3) is 0 Å². The van der Waals surface area contributed by atoms with E-state index in [1.807, 2.05) is 0 Å². The van der Waals surface area contributed by atoms with Crippen LogP contribution in [0.3, 0.4) is 0 Å². The van der Waals surface area contributed by atoms with Crippen LogP contribution in [-0.2, 0) is 9.53 Å². The van der Waals surface area contributed by atoms with Gasteiger partial charge in [0.25, 0.3) is 0 Å². The molecule has 0 N–H and O–H groups in total. The first-order valence-corrected chi connectivity index (χ1v) is 16.6. The predicted molar refractivity (Wildman–Crippen MR) is 159 cm³/mol. The second kappa shape index (κ2) is 18.1. The van der Waals surface area contributed by atoms with Crippen LogP contribution in [0.4, 0.5) is 0 Å². The van der Waals surface area contributed by atoms with Gasteiger partial charge in [0.2, 0.25) is 0 Å². The van der Waals surface area contributed by atoms with Crippen LogP contribution in [0.1, 0.15) is 174 Å². The van der Waals surface area contributed by atoms with Crippen LogP contribution in [0, 0.1) is 0 Å². The number of allylic oxidation sites excluding steroid dienone is 3. The molecule has 0 fully saturated rings. The Morgan fingerprint density at radius 1 is 0.568 bits per heavy atom. The number of ether oxygens (including phenoxy) is 1. The second-order valence-electron chi connectivity index (χ2n) is 12.1. The van der Waals surface area contributed by atoms with Crippen LogP contribution in [0.15, 0.2) is 34.9 Å². The highest BCUT2D eigenvalue weighted by Crippen LogP contribution is 2.46. The molecule has 0 radical (unpaired) electrons. The monoisotopic (exact) mass is 510 g/mol. The Morgan fingerprint density at radius 2 is 0.892 bits per heavy atom. The van der Waals surface area contributed by atoms with Crippen molar-refractivity contribution < 1.29 is 9.53 Å². The van der Waals surface area contributed by atoms with Crippen LogP contribution in [0.5, 0.6) is 0 Å². The SMILES string of the molecule is CCCC(=O)OC(/C1=C/CCCCCCCC1)(/C1=C/CCCCCCCC1)/C1=C/CCCCCCCC1. The molecule has 2 nitrogen and oxygen atoms in total. The molecule has 0 unspecified atom stereocenters. The van der Waals surface area contributed by atoms with E-state index in [2.05, 4.69) is 25.2 Å². The quantitative estimate of drug-likeness (QED) is 0.262. The molecule has 210 valence electrons. The zero-order valence-electron chi connectivity index (χ0n) is 24.4. The predicted octanol–water partition coefficient (Wildman–Crippen LogP) is 11.3. The standard InChI is InChI=1S/C35H58O2/c1-2-24-34(36)37-35(31-25-18-12-6-3-7-13-19-26-31,32-27-20-14-8-4-9-15-21-28-32)33-29-22-16-10-5-11-17-23-30-33/h25,27,29H,2-24,26,28,30H2,1H3/b31-25+,32-27+,33-29+. The second-order valence-corrected chi connectivity index (χ2v) is 12.1. The van der Waals surface area contributed by atoms with E-state index in [0.717, 1.165) is 44.9 Å². The van der Waals surface area contributed by atoms with Gasteiger partial charge in [-0.2, -0.15) is 0 Å². The van der Waals surface area contributed by atoms with Crippen molar-refractivity contribution in [1.29, 1.82) is 0 Å². The Bertz CT molecular complexity index is 657. The fourth-order valence-electron chi connectivity index (χ4n) is 6.84. The van der Waals surface area contributed by atoms with Crippen molar-refractivity contribution in [3.63, 3.8) is 0 Å². The van der Waals surface area contributed by atoms with Gasteiger partial charge in [-0.15, -0.1) is 0 Å². The fourth-order valence-corrected chi connectivity index (χ4v) is 6.84. The summed E-state index contributed by atoms with van der Waals surface area (Å²) in [7, 11) is 0. The molecule has 2 heteroatoms. The zero-order chi connectivity index (χ0) is 26.0. The van der Waals surface area contributed by atoms with E-state index in [1.165, 1.54) is 132 Å². The first-order chi connectivity index (χ1) is 18.3. The van der Waals surface area contributed by atoms with E-state index in [1.54, 1.807) is 0 Å². The lowest BCUT2D eigenvalue weighted by atomic mass is 9.72. The van der Waals surface area contributed by atoms with Crippen LogP contribution in [0.2, 0.25) is 0 Å². The Morgan fingerprint density at radius 3 is 1.24 bits per heavy atom. The van der Waals surface area contributed by atoms with Crippen molar-refractivity contribution in [2.75, 3.05) is 0 Å². The first-order valence-electron chi connectivity index (χ1n) is 16.6. The largest absolute Gasteiger partial charge is 0.445 e. The lowest BCUT2D eigenvalue weighted by Gasteiger charge is -2.42. The van der Waals surface area contributed by atoms with E-state index in [0.29, 0.717) is 6.42 Å². The molecule has 0 aromatic carbocycles. The fraction of sp³-hybridized carbons (Fsp3) is 0.800. The summed E-state index contributed by atoms with van der Waals surface area (Å²) in [5.74, 6) is 0.0106. The minimum Gasteiger partial charge on any atom is -0.445 e. The molecular formula is C35H58O2. The molecule has 37 heavy (non-hydrogen) atoms. The minimum atomic E-state index is -0.621. The van der Waals surface area contributed by atoms with E-state index in [9.17, 15) is 4.79 Å². The van der Waals surface area contributed by atoms with E-state index in [-0.39, 0.29) is 5.97 Å². The number of carbonyl (C=O) groups excluding carboxylic acids is 1. The van der Waals surface area contributed by atoms with Crippen molar-refractivity contribution in [2.45, 2.75) is 179 Å². The Labute approximate surface area is 229 Å². The normalized spacial score (nSPS) is 26.8. The summed E-state index contributed by atoms with van der Waals surface area (Å²) in [4.78, 5) is 13.5. The van der Waals surface area contributed by atoms with Crippen molar-refractivity contribution in [1.82, 2.24) is 0 Å². The molecule has 0 saturated carbocycles. The third-order valence-electron chi connectivity index (χ3n) is 8.95. The molecule has 3 rings (SSSR count). The zero-order valence-corrected chi connectivity index (χ0v) is 24.4. The molecule has 0 amide bonds. The highest BCUT2D eigenvalue weighted by Gasteiger charge is 2.44. The average molecular weight is 511 g/mol. The van der Waals surface area contributed by atoms with E-state index >= 15 is 0 Å². The maximum Gasteiger partial charge on any atom is 0.307 e. The summed E-state index contributed by atoms with van der Waals surface area (Å²) in [6.07, 6.45) is 39.1. The van der Waals surface area contributed by atoms with Crippen molar-refractivity contribution in [2.24, 2.45) is 0 Å². The summed E-state index contributed by atoms with van der Waals surface area (Å²) in [5, 5.41) is 0. The maximum atomic E-state index is 13.5. The van der Waals surface area contributed by atoms with Crippen LogP contribution in [-0.4, -0.2) is 11.6 Å². The molecular weight excluding hydrogens is 452 g/mol. The number of esters is 1. The molecule has 0 saturated heterocycles. The van der Waals surface area contributed by atoms with Gasteiger partial charge >= 0.3 is 5.97 Å². The Kier molecular flexibility index (Phi) is 14.8. The maximum absolute atomic E-state index is 13.5. The van der Waals surface area contributed by atoms with Crippen LogP contribution < -0.4 is 0 Å². The smallest absolute Gasteiger partial charge is 0.307 e. The summed E-state index contributed by atoms with van der Waals surface area (Å²) in [6, 6.07) is 0. The molecule has 3 aliphatic carbocycles. The van der Waals surface area contributed by atoms with Crippen molar-refractivity contribution in [3.05, 3.63) is 34.9 Å². The Hall–Kier alpha value is -1.31. The van der Waals surface area contributed by atoms with Gasteiger partial charge in [-0.25, -0.2) is 0 Å². The minimum absolute atomic E-state index is 0.0106. The summed E-state index contributed by atoms with van der Waals surface area (Å²) < 4.78 is 6.96. The van der Waals surface area contributed by atoms with Gasteiger partial charge in [-0.3, -0.25) is 4.79 Å². The number of hydrogen-bond acceptors (Lipinski definition) is 2. The summed E-state index contributed by atoms with van der Waals surface area (Å²) >= 11 is 0. The summed E-state index contributed by atoms with van der Waals surface area (Å²) in [5.41, 5.74) is 3.69. The third kappa shape index (κ3) is 10.1. The van der Waals surface area contributed by atoms with E-state index in [4.69, 9.17) is 4.74 Å². The molecule has 0 spiro atoms. The lowest BCUT2D eigenvalue weighted by molar-refractivity contribution is -0.151. The van der Waals surface area contributed by atoms with Crippen LogP contribution >= 0.6 is 0 Å². The number of rotatable bonds is 6. The third-order valence-corrected chi connectivity index (χ3v) is 8.95. The molecule has 3 aliphatic rings. The van der Waals surface area contributed by atoms with Gasteiger partial charge in [-0.05, 0) is 100 Å². The molecule has 0 aromatic heterocycles. The van der Waals surface area contributed by atoms with Crippen molar-refractivity contribution >= 4 is 5.97 Å². The van der Waals surface area contributed by atoms with Gasteiger partial charge in [0.1, 0.15) is 0 Å². The number of hydrogen-bond donors (Lipinski definition) is 0. The van der Waals surface area contributed by atoms with Crippen molar-refractivity contribution in [3.8, 4) is 0 Å². The molecule has 0 atom stereocenters. The van der Waals surface area contributed by atoms with Gasteiger partial charge in [0.05, 0.1) is 0 Å². The van der Waals surface area contributed by atoms with Gasteiger partial charge < -0.3 is 4.74 Å². The highest BCUT2D eigenvalue weighted by atomic mass is 16.6. The number of carbonyl (C=O) groups is 1. The average Bonchev–Trinajstić information content (AvgIpc) is 2.92. The van der Waals surface area contributed by atoms with Gasteiger partial charge in [-0.1, -0.05) is 102 Å². The highest BCUT2D eigenvalue weighted by molar-refractivity contribution is 5.72. The van der Waals surface area contributed by atoms with Gasteiger partial charge in [0.15, 0.2) is 5.60 Å². The topological polar surface area (TPSA) is 26.3 Å². The van der Waals surface area contributed by atoms with E-state index < -0.39 is 5.60 Å². The lowest BCUT2D eigenvalue weighted by Crippen LogP contribution is -2.42. The Balaban J connectivity index is 2.15. The van der Waals surface area contributed by atoms with Gasteiger partial charge in [0, 0.05) is 6.42 Å². The molecule has 0 heterocycles. The molecule has 0 bridgehead atoms. The molecule has 0 aromatic rings. The molecule has 0 aliphatic heterocycles.